The van der Waals surface area contributed by atoms with Gasteiger partial charge in [0.15, 0.2) is 0 Å². The fourth-order valence-corrected chi connectivity index (χ4v) is 1.76. The zero-order chi connectivity index (χ0) is 12.3. The minimum absolute atomic E-state index is 0.524. The molecular formula is C14H17N3. The molecule has 0 aliphatic heterocycles. The summed E-state index contributed by atoms with van der Waals surface area (Å²) < 4.78 is 0. The second-order valence-corrected chi connectivity index (χ2v) is 4.60. The number of aromatic nitrogens is 2. The van der Waals surface area contributed by atoms with Crippen molar-refractivity contribution in [1.29, 1.82) is 0 Å². The maximum Gasteiger partial charge on any atom is 0.124 e. The Kier molecular flexibility index (Phi) is 3.38. The Morgan fingerprint density at radius 3 is 2.53 bits per heavy atom. The van der Waals surface area contributed by atoms with Crippen molar-refractivity contribution < 1.29 is 0 Å². The summed E-state index contributed by atoms with van der Waals surface area (Å²) in [5.74, 6) is 1.17. The van der Waals surface area contributed by atoms with Gasteiger partial charge in [0.05, 0.1) is 11.4 Å². The molecule has 0 aromatic carbocycles. The molecule has 0 atom stereocenters. The van der Waals surface area contributed by atoms with Crippen molar-refractivity contribution in [3.05, 3.63) is 42.1 Å². The van der Waals surface area contributed by atoms with E-state index < -0.39 is 0 Å². The predicted octanol–water partition coefficient (Wildman–Crippen LogP) is 2.92. The molecule has 0 saturated carbocycles. The lowest BCUT2D eigenvalue weighted by molar-refractivity contribution is 0.646. The van der Waals surface area contributed by atoms with Crippen LogP contribution in [0.3, 0.4) is 0 Å². The molecule has 0 spiro atoms. The van der Waals surface area contributed by atoms with Gasteiger partial charge in [-0.25, -0.2) is 4.98 Å². The molecule has 0 aliphatic carbocycles. The number of hydrogen-bond donors (Lipinski definition) is 1. The first-order valence-corrected chi connectivity index (χ1v) is 5.83. The third kappa shape index (κ3) is 3.03. The third-order valence-corrected chi connectivity index (χ3v) is 2.50. The molecule has 0 amide bonds. The van der Waals surface area contributed by atoms with Gasteiger partial charge < -0.3 is 5.73 Å². The van der Waals surface area contributed by atoms with Crippen LogP contribution in [0.25, 0.3) is 11.4 Å². The van der Waals surface area contributed by atoms with Gasteiger partial charge in [0.2, 0.25) is 0 Å². The largest absolute Gasteiger partial charge is 0.384 e. The smallest absolute Gasteiger partial charge is 0.124 e. The number of pyridine rings is 2. The summed E-state index contributed by atoms with van der Waals surface area (Å²) in [4.78, 5) is 8.67. The van der Waals surface area contributed by atoms with Gasteiger partial charge >= 0.3 is 0 Å². The monoisotopic (exact) mass is 227 g/mol. The van der Waals surface area contributed by atoms with Gasteiger partial charge in [-0.3, -0.25) is 4.98 Å². The highest BCUT2D eigenvalue weighted by atomic mass is 14.9. The highest BCUT2D eigenvalue weighted by Gasteiger charge is 2.02. The van der Waals surface area contributed by atoms with E-state index >= 15 is 0 Å². The second kappa shape index (κ2) is 4.95. The van der Waals surface area contributed by atoms with Crippen LogP contribution >= 0.6 is 0 Å². The zero-order valence-electron chi connectivity index (χ0n) is 10.2. The van der Waals surface area contributed by atoms with Crippen LogP contribution in [0.1, 0.15) is 19.4 Å². The first-order chi connectivity index (χ1) is 8.15. The van der Waals surface area contributed by atoms with Gasteiger partial charge in [0.1, 0.15) is 5.82 Å². The number of anilines is 1. The molecule has 0 aliphatic rings. The van der Waals surface area contributed by atoms with Crippen LogP contribution in [0.4, 0.5) is 5.82 Å². The Labute approximate surface area is 102 Å². The molecule has 2 aromatic rings. The molecule has 2 N–H and O–H groups in total. The van der Waals surface area contributed by atoms with Crippen molar-refractivity contribution >= 4 is 5.82 Å². The van der Waals surface area contributed by atoms with Gasteiger partial charge in [-0.15, -0.1) is 0 Å². The predicted molar refractivity (Wildman–Crippen MR) is 70.4 cm³/mol. The summed E-state index contributed by atoms with van der Waals surface area (Å²) >= 11 is 0. The van der Waals surface area contributed by atoms with E-state index in [0.29, 0.717) is 11.7 Å². The highest BCUT2D eigenvalue weighted by Crippen LogP contribution is 2.16. The van der Waals surface area contributed by atoms with Crippen molar-refractivity contribution in [2.45, 2.75) is 20.3 Å². The Hall–Kier alpha value is -1.90. The highest BCUT2D eigenvalue weighted by molar-refractivity contribution is 5.56. The van der Waals surface area contributed by atoms with E-state index in [9.17, 15) is 0 Å². The molecule has 2 heterocycles. The van der Waals surface area contributed by atoms with Crippen LogP contribution < -0.4 is 5.73 Å². The van der Waals surface area contributed by atoms with Crippen LogP contribution in [0.5, 0.6) is 0 Å². The lowest BCUT2D eigenvalue weighted by Gasteiger charge is -2.05. The average molecular weight is 227 g/mol. The number of nitrogens with zero attached hydrogens (tertiary/aromatic N) is 2. The van der Waals surface area contributed by atoms with Crippen LogP contribution in [0, 0.1) is 5.92 Å². The zero-order valence-corrected chi connectivity index (χ0v) is 10.2. The molecule has 0 saturated heterocycles. The number of nitrogen functional groups attached to an aromatic ring is 1. The molecule has 0 unspecified atom stereocenters. The molecule has 3 heteroatoms. The van der Waals surface area contributed by atoms with Crippen LogP contribution in [-0.4, -0.2) is 9.97 Å². The maximum absolute atomic E-state index is 5.65. The van der Waals surface area contributed by atoms with Crippen molar-refractivity contribution in [1.82, 2.24) is 9.97 Å². The van der Waals surface area contributed by atoms with Crippen molar-refractivity contribution in [2.24, 2.45) is 5.92 Å². The van der Waals surface area contributed by atoms with E-state index in [4.69, 9.17) is 5.73 Å². The molecule has 0 bridgehead atoms. The van der Waals surface area contributed by atoms with Gasteiger partial charge in [-0.1, -0.05) is 26.0 Å². The minimum atomic E-state index is 0.524. The van der Waals surface area contributed by atoms with E-state index in [-0.39, 0.29) is 0 Å². The normalized spacial score (nSPS) is 10.8. The SMILES string of the molecule is CC(C)Cc1ccc(-c2cccc(N)n2)nc1. The molecule has 3 nitrogen and oxygen atoms in total. The van der Waals surface area contributed by atoms with Crippen LogP contribution in [0.2, 0.25) is 0 Å². The second-order valence-electron chi connectivity index (χ2n) is 4.60. The summed E-state index contributed by atoms with van der Waals surface area (Å²) in [6.45, 7) is 4.40. The molecule has 2 rings (SSSR count). The fraction of sp³-hybridized carbons (Fsp3) is 0.286. The summed E-state index contributed by atoms with van der Waals surface area (Å²) in [6, 6.07) is 9.69. The van der Waals surface area contributed by atoms with Crippen LogP contribution in [-0.2, 0) is 6.42 Å². The summed E-state index contributed by atoms with van der Waals surface area (Å²) in [5.41, 5.74) is 8.60. The van der Waals surface area contributed by atoms with E-state index in [1.54, 1.807) is 6.07 Å². The quantitative estimate of drug-likeness (QED) is 0.877. The summed E-state index contributed by atoms with van der Waals surface area (Å²) in [6.07, 6.45) is 2.97. The van der Waals surface area contributed by atoms with Gasteiger partial charge in [-0.2, -0.15) is 0 Å². The van der Waals surface area contributed by atoms with E-state index in [2.05, 4.69) is 29.9 Å². The summed E-state index contributed by atoms with van der Waals surface area (Å²) in [7, 11) is 0. The molecule has 0 fully saturated rings. The van der Waals surface area contributed by atoms with E-state index in [1.807, 2.05) is 24.4 Å². The van der Waals surface area contributed by atoms with E-state index in [0.717, 1.165) is 17.8 Å². The fourth-order valence-electron chi connectivity index (χ4n) is 1.76. The molecule has 17 heavy (non-hydrogen) atoms. The van der Waals surface area contributed by atoms with E-state index in [1.165, 1.54) is 5.56 Å². The Morgan fingerprint density at radius 1 is 1.12 bits per heavy atom. The van der Waals surface area contributed by atoms with Gasteiger partial charge in [-0.05, 0) is 36.1 Å². The van der Waals surface area contributed by atoms with Gasteiger partial charge in [0.25, 0.3) is 0 Å². The average Bonchev–Trinajstić information content (AvgIpc) is 2.29. The Morgan fingerprint density at radius 2 is 1.94 bits per heavy atom. The van der Waals surface area contributed by atoms with Crippen LogP contribution in [0.15, 0.2) is 36.5 Å². The molecule has 2 aromatic heterocycles. The molecule has 88 valence electrons. The third-order valence-electron chi connectivity index (χ3n) is 2.50. The molecular weight excluding hydrogens is 210 g/mol. The van der Waals surface area contributed by atoms with Crippen molar-refractivity contribution in [3.8, 4) is 11.4 Å². The van der Waals surface area contributed by atoms with Gasteiger partial charge in [0, 0.05) is 6.20 Å². The summed E-state index contributed by atoms with van der Waals surface area (Å²) in [5, 5.41) is 0. The van der Waals surface area contributed by atoms with Crippen molar-refractivity contribution in [2.75, 3.05) is 5.73 Å². The standard InChI is InChI=1S/C14H17N3/c1-10(2)8-11-6-7-12(16-9-11)13-4-3-5-14(15)17-13/h3-7,9-10H,8H2,1-2H3,(H2,15,17). The lowest BCUT2D eigenvalue weighted by atomic mass is 10.0. The maximum atomic E-state index is 5.65. The number of hydrogen-bond acceptors (Lipinski definition) is 3. The Balaban J connectivity index is 2.23. The molecule has 0 radical (unpaired) electrons. The first-order valence-electron chi connectivity index (χ1n) is 5.83. The Bertz CT molecular complexity index is 489. The first kappa shape index (κ1) is 11.6. The minimum Gasteiger partial charge on any atom is -0.384 e. The van der Waals surface area contributed by atoms with Crippen molar-refractivity contribution in [3.63, 3.8) is 0 Å². The lowest BCUT2D eigenvalue weighted by Crippen LogP contribution is -1.96. The topological polar surface area (TPSA) is 51.8 Å². The number of nitrogens with two attached hydrogens (primary N) is 1. The number of rotatable bonds is 3.